The van der Waals surface area contributed by atoms with Gasteiger partial charge in [0.2, 0.25) is 5.91 Å². The van der Waals surface area contributed by atoms with Crippen LogP contribution in [0, 0.1) is 0 Å². The van der Waals surface area contributed by atoms with Crippen molar-refractivity contribution in [1.29, 1.82) is 0 Å². The molecule has 1 aromatic carbocycles. The van der Waals surface area contributed by atoms with Crippen molar-refractivity contribution in [2.24, 2.45) is 0 Å². The molecule has 0 atom stereocenters. The second-order valence-corrected chi connectivity index (χ2v) is 5.73. The standard InChI is InChI=1S/C16H20N2O2/c19-15-7-3-4-11-10-12(8-9-14(11)18-15)16(20)17-13-5-1-2-6-13/h8-10,13H,1-7H2,(H,17,20)(H,18,19). The Balaban J connectivity index is 1.75. The zero-order chi connectivity index (χ0) is 13.9. The maximum atomic E-state index is 12.2. The van der Waals surface area contributed by atoms with Gasteiger partial charge in [0.15, 0.2) is 0 Å². The number of carbonyl (C=O) groups is 2. The van der Waals surface area contributed by atoms with Crippen LogP contribution < -0.4 is 10.6 Å². The molecule has 0 saturated heterocycles. The molecule has 2 amide bonds. The maximum absolute atomic E-state index is 12.2. The fourth-order valence-corrected chi connectivity index (χ4v) is 3.05. The highest BCUT2D eigenvalue weighted by Crippen LogP contribution is 2.24. The van der Waals surface area contributed by atoms with Crippen molar-refractivity contribution in [3.63, 3.8) is 0 Å². The molecule has 1 aliphatic carbocycles. The molecule has 0 unspecified atom stereocenters. The molecule has 20 heavy (non-hydrogen) atoms. The van der Waals surface area contributed by atoms with Gasteiger partial charge in [0.1, 0.15) is 0 Å². The Morgan fingerprint density at radius 3 is 2.75 bits per heavy atom. The summed E-state index contributed by atoms with van der Waals surface area (Å²) >= 11 is 0. The molecule has 0 radical (unpaired) electrons. The lowest BCUT2D eigenvalue weighted by molar-refractivity contribution is -0.116. The molecule has 3 rings (SSSR count). The lowest BCUT2D eigenvalue weighted by atomic mass is 10.0. The second kappa shape index (κ2) is 5.65. The first-order valence-electron chi connectivity index (χ1n) is 7.46. The summed E-state index contributed by atoms with van der Waals surface area (Å²) < 4.78 is 0. The summed E-state index contributed by atoms with van der Waals surface area (Å²) in [4.78, 5) is 23.7. The molecule has 0 aromatic heterocycles. The van der Waals surface area contributed by atoms with E-state index in [1.807, 2.05) is 12.1 Å². The number of carbonyl (C=O) groups excluding carboxylic acids is 2. The summed E-state index contributed by atoms with van der Waals surface area (Å²) in [6.07, 6.45) is 6.84. The summed E-state index contributed by atoms with van der Waals surface area (Å²) in [6, 6.07) is 5.91. The van der Waals surface area contributed by atoms with Gasteiger partial charge < -0.3 is 10.6 Å². The van der Waals surface area contributed by atoms with E-state index in [0.29, 0.717) is 18.0 Å². The van der Waals surface area contributed by atoms with Crippen molar-refractivity contribution in [2.75, 3.05) is 5.32 Å². The highest BCUT2D eigenvalue weighted by atomic mass is 16.2. The summed E-state index contributed by atoms with van der Waals surface area (Å²) in [7, 11) is 0. The van der Waals surface area contributed by atoms with E-state index in [2.05, 4.69) is 10.6 Å². The van der Waals surface area contributed by atoms with Gasteiger partial charge >= 0.3 is 0 Å². The topological polar surface area (TPSA) is 58.2 Å². The van der Waals surface area contributed by atoms with E-state index >= 15 is 0 Å². The predicted octanol–water partition coefficient (Wildman–Crippen LogP) is 2.63. The third-order valence-corrected chi connectivity index (χ3v) is 4.18. The molecule has 2 aliphatic rings. The molecule has 0 spiro atoms. The van der Waals surface area contributed by atoms with Crippen molar-refractivity contribution in [2.45, 2.75) is 51.0 Å². The Hall–Kier alpha value is -1.84. The number of fused-ring (bicyclic) bond motifs is 1. The van der Waals surface area contributed by atoms with Gasteiger partial charge in [-0.3, -0.25) is 9.59 Å². The van der Waals surface area contributed by atoms with E-state index in [1.165, 1.54) is 12.8 Å². The van der Waals surface area contributed by atoms with E-state index in [4.69, 9.17) is 0 Å². The summed E-state index contributed by atoms with van der Waals surface area (Å²) in [5.41, 5.74) is 2.62. The summed E-state index contributed by atoms with van der Waals surface area (Å²) in [6.45, 7) is 0. The molecule has 2 N–H and O–H groups in total. The van der Waals surface area contributed by atoms with Crippen LogP contribution in [0.5, 0.6) is 0 Å². The van der Waals surface area contributed by atoms with Crippen molar-refractivity contribution >= 4 is 17.5 Å². The first-order valence-corrected chi connectivity index (χ1v) is 7.46. The lowest BCUT2D eigenvalue weighted by Gasteiger charge is -2.13. The number of rotatable bonds is 2. The highest BCUT2D eigenvalue weighted by Gasteiger charge is 2.19. The zero-order valence-electron chi connectivity index (χ0n) is 11.6. The molecule has 1 aliphatic heterocycles. The summed E-state index contributed by atoms with van der Waals surface area (Å²) in [5.74, 6) is 0.0715. The largest absolute Gasteiger partial charge is 0.349 e. The highest BCUT2D eigenvalue weighted by molar-refractivity contribution is 5.97. The van der Waals surface area contributed by atoms with Crippen molar-refractivity contribution < 1.29 is 9.59 Å². The molecule has 4 heteroatoms. The van der Waals surface area contributed by atoms with Crippen LogP contribution in [0.2, 0.25) is 0 Å². The van der Waals surface area contributed by atoms with E-state index in [0.717, 1.165) is 36.9 Å². The van der Waals surface area contributed by atoms with Crippen LogP contribution >= 0.6 is 0 Å². The van der Waals surface area contributed by atoms with E-state index in [-0.39, 0.29) is 11.8 Å². The minimum atomic E-state index is 0.00951. The minimum Gasteiger partial charge on any atom is -0.349 e. The van der Waals surface area contributed by atoms with E-state index in [9.17, 15) is 9.59 Å². The quantitative estimate of drug-likeness (QED) is 0.869. The van der Waals surface area contributed by atoms with Gasteiger partial charge in [-0.25, -0.2) is 0 Å². The van der Waals surface area contributed by atoms with Crippen molar-refractivity contribution in [3.05, 3.63) is 29.3 Å². The van der Waals surface area contributed by atoms with Crippen LogP contribution in [0.25, 0.3) is 0 Å². The zero-order valence-corrected chi connectivity index (χ0v) is 11.6. The fourth-order valence-electron chi connectivity index (χ4n) is 3.05. The number of hydrogen-bond donors (Lipinski definition) is 2. The van der Waals surface area contributed by atoms with Gasteiger partial charge in [0.25, 0.3) is 5.91 Å². The average Bonchev–Trinajstić information content (AvgIpc) is 2.85. The normalized spacial score (nSPS) is 19.1. The SMILES string of the molecule is O=C1CCCc2cc(C(=O)NC3CCCC3)ccc2N1. The Morgan fingerprint density at radius 1 is 1.15 bits per heavy atom. The van der Waals surface area contributed by atoms with Crippen molar-refractivity contribution in [1.82, 2.24) is 5.32 Å². The van der Waals surface area contributed by atoms with Gasteiger partial charge in [-0.15, -0.1) is 0 Å². The number of hydrogen-bond acceptors (Lipinski definition) is 2. The van der Waals surface area contributed by atoms with Crippen LogP contribution in [-0.4, -0.2) is 17.9 Å². The Morgan fingerprint density at radius 2 is 1.95 bits per heavy atom. The van der Waals surface area contributed by atoms with Crippen LogP contribution in [0.1, 0.15) is 54.4 Å². The van der Waals surface area contributed by atoms with Gasteiger partial charge in [0, 0.05) is 23.7 Å². The molecule has 106 valence electrons. The minimum absolute atomic E-state index is 0.00951. The molecule has 0 bridgehead atoms. The molecule has 1 heterocycles. The predicted molar refractivity (Wildman–Crippen MR) is 77.7 cm³/mol. The molecule has 1 aromatic rings. The van der Waals surface area contributed by atoms with Gasteiger partial charge in [-0.05, 0) is 49.4 Å². The number of aryl methyl sites for hydroxylation is 1. The number of anilines is 1. The first-order chi connectivity index (χ1) is 9.72. The molecule has 4 nitrogen and oxygen atoms in total. The fraction of sp³-hybridized carbons (Fsp3) is 0.500. The van der Waals surface area contributed by atoms with Crippen molar-refractivity contribution in [3.8, 4) is 0 Å². The number of benzene rings is 1. The third kappa shape index (κ3) is 2.84. The summed E-state index contributed by atoms with van der Waals surface area (Å²) in [5, 5.41) is 5.99. The lowest BCUT2D eigenvalue weighted by Crippen LogP contribution is -2.32. The van der Waals surface area contributed by atoms with Crippen LogP contribution in [-0.2, 0) is 11.2 Å². The van der Waals surface area contributed by atoms with Gasteiger partial charge in [-0.1, -0.05) is 12.8 Å². The monoisotopic (exact) mass is 272 g/mol. The second-order valence-electron chi connectivity index (χ2n) is 5.73. The number of amides is 2. The van der Waals surface area contributed by atoms with Gasteiger partial charge in [0.05, 0.1) is 0 Å². The Labute approximate surface area is 118 Å². The van der Waals surface area contributed by atoms with E-state index < -0.39 is 0 Å². The maximum Gasteiger partial charge on any atom is 0.251 e. The Bertz CT molecular complexity index is 533. The average molecular weight is 272 g/mol. The van der Waals surface area contributed by atoms with E-state index in [1.54, 1.807) is 6.07 Å². The Kier molecular flexibility index (Phi) is 3.72. The third-order valence-electron chi connectivity index (χ3n) is 4.18. The van der Waals surface area contributed by atoms with Crippen LogP contribution in [0.3, 0.4) is 0 Å². The smallest absolute Gasteiger partial charge is 0.251 e. The molecular formula is C16H20N2O2. The first kappa shape index (κ1) is 13.2. The molecule has 1 saturated carbocycles. The van der Waals surface area contributed by atoms with Gasteiger partial charge in [-0.2, -0.15) is 0 Å². The molecular weight excluding hydrogens is 252 g/mol. The number of nitrogens with one attached hydrogen (secondary N) is 2. The molecule has 1 fully saturated rings. The van der Waals surface area contributed by atoms with Crippen LogP contribution in [0.15, 0.2) is 18.2 Å². The van der Waals surface area contributed by atoms with Crippen LogP contribution in [0.4, 0.5) is 5.69 Å².